The third-order valence-corrected chi connectivity index (χ3v) is 11.7. The first kappa shape index (κ1) is 64.7. The van der Waals surface area contributed by atoms with Crippen LogP contribution in [-0.2, 0) is 24.8 Å². The van der Waals surface area contributed by atoms with Gasteiger partial charge in [0.1, 0.15) is 11.8 Å². The zero-order valence-corrected chi connectivity index (χ0v) is 47.3. The lowest BCUT2D eigenvalue weighted by Gasteiger charge is -2.14. The molecule has 0 aliphatic carbocycles. The minimum absolute atomic E-state index is 0.0412. The number of sulfonamides is 1. The molecule has 75 heavy (non-hydrogen) atoms. The molecule has 0 saturated heterocycles. The predicted octanol–water partition coefficient (Wildman–Crippen LogP) is 5.78. The van der Waals surface area contributed by atoms with Crippen LogP contribution in [0, 0.1) is 0 Å². The van der Waals surface area contributed by atoms with Gasteiger partial charge in [-0.15, -0.1) is 5.10 Å². The van der Waals surface area contributed by atoms with Crippen LogP contribution in [0.3, 0.4) is 0 Å². The molecule has 4 heterocycles. The zero-order chi connectivity index (χ0) is 57.2. The standard InChI is InChI=1S/C15H18Cl2N2O3.C15H18N6O6S.C8H14ClN5.C5H12NO4P/c1-8(2)21-12-7-11(9(16)6-10(12)17)19-14(20)22-13(18-19)15(3,4)5;1-21(2)13(22)9-6-5-7-16-12(9)28(24,25)20-15(23)19-14-17-10(26-3)8-11(18-14)27-4;1-4-10-7-12-6(9)13-8(14-7)11-5(2)3;1-11(9,10)3-2-4(6)5(7)8/h6-8H,1-5H3;5-8H,1-4H3,(H2,17,18,19,20,23);5H,4H2,1-3H3,(H2,10,11,12,13,14);4H,2-3,6H2,1H3,(H,7,8)(H,9,10). The Bertz CT molecular complexity index is 2930. The van der Waals surface area contributed by atoms with E-state index in [1.54, 1.807) is 10.8 Å². The van der Waals surface area contributed by atoms with Crippen LogP contribution in [0.1, 0.15) is 78.1 Å². The van der Waals surface area contributed by atoms with Gasteiger partial charge in [0.05, 0.1) is 47.7 Å². The normalized spacial score (nSPS) is 12.2. The number of carboxylic acid groups (broad SMARTS) is 1. The van der Waals surface area contributed by atoms with Crippen molar-refractivity contribution in [2.24, 2.45) is 5.73 Å². The first-order valence-corrected chi connectivity index (χ1v) is 27.1. The molecule has 0 bridgehead atoms. The molecule has 5 rings (SSSR count). The first-order valence-electron chi connectivity index (χ1n) is 22.2. The van der Waals surface area contributed by atoms with Crippen molar-refractivity contribution in [3.05, 3.63) is 73.9 Å². The highest BCUT2D eigenvalue weighted by Gasteiger charge is 2.28. The number of hydrogen-bond acceptors (Lipinski definition) is 21. The summed E-state index contributed by atoms with van der Waals surface area (Å²) in [5.74, 6) is -0.653. The molecule has 0 fully saturated rings. The summed E-state index contributed by atoms with van der Waals surface area (Å²) in [5, 5.41) is 20.9. The van der Waals surface area contributed by atoms with Gasteiger partial charge in [0.15, 0.2) is 12.4 Å². The fraction of sp³-hybridized carbons (Fsp3) is 0.465. The second-order valence-corrected chi connectivity index (χ2v) is 22.5. The van der Waals surface area contributed by atoms with E-state index < -0.39 is 52.1 Å². The predicted molar refractivity (Wildman–Crippen MR) is 282 cm³/mol. The van der Waals surface area contributed by atoms with Crippen LogP contribution in [0.15, 0.2) is 50.8 Å². The largest absolute Gasteiger partial charge is 0.489 e. The Morgan fingerprint density at radius 1 is 0.947 bits per heavy atom. The molecule has 0 aliphatic heterocycles. The van der Waals surface area contributed by atoms with E-state index in [4.69, 9.17) is 69.2 Å². The Balaban J connectivity index is 0.000000364. The lowest BCUT2D eigenvalue weighted by atomic mass is 9.97. The van der Waals surface area contributed by atoms with E-state index in [0.717, 1.165) is 11.2 Å². The van der Waals surface area contributed by atoms with Gasteiger partial charge in [-0.3, -0.25) is 19.5 Å². The number of anilines is 3. The Hall–Kier alpha value is -6.42. The van der Waals surface area contributed by atoms with Gasteiger partial charge in [0.2, 0.25) is 40.8 Å². The van der Waals surface area contributed by atoms with Crippen molar-refractivity contribution in [2.45, 2.75) is 90.4 Å². The SMILES string of the molecule is CC(C)Oc1cc(-n2nc(C(C)(C)C)oc2=O)c(Cl)cc1Cl.CCNc1nc(Cl)nc(NC(C)C)n1.COc1cc(OC)nc(NC(=O)NS(=O)(=O)c2ncccc2C(=O)N(C)C)n1.CP(=O)(O)CCC(N)C(=O)O. The molecule has 32 heteroatoms. The molecule has 0 spiro atoms. The number of carboxylic acids is 1. The Morgan fingerprint density at radius 2 is 1.55 bits per heavy atom. The summed E-state index contributed by atoms with van der Waals surface area (Å²) in [4.78, 5) is 79.9. The monoisotopic (exact) mass is 1150 g/mol. The maximum atomic E-state index is 12.5. The highest BCUT2D eigenvalue weighted by atomic mass is 35.5. The molecule has 3 amide bonds. The van der Waals surface area contributed by atoms with Crippen LogP contribution < -0.4 is 46.4 Å². The lowest BCUT2D eigenvalue weighted by Crippen LogP contribution is -2.36. The third-order valence-electron chi connectivity index (χ3n) is 8.53. The number of aromatic nitrogens is 8. The van der Waals surface area contributed by atoms with Gasteiger partial charge in [0.25, 0.3) is 15.9 Å². The fourth-order valence-electron chi connectivity index (χ4n) is 5.15. The molecule has 0 saturated carbocycles. The number of carbonyl (C=O) groups excluding carboxylic acids is 2. The number of methoxy groups -OCH3 is 2. The minimum atomic E-state index is -4.46. The highest BCUT2D eigenvalue weighted by Crippen LogP contribution is 2.36. The molecule has 0 aliphatic rings. The smallest absolute Gasteiger partial charge is 0.442 e. The van der Waals surface area contributed by atoms with Crippen molar-refractivity contribution in [1.29, 1.82) is 0 Å². The molecule has 4 aromatic heterocycles. The summed E-state index contributed by atoms with van der Waals surface area (Å²) in [7, 11) is -1.95. The number of benzene rings is 1. The number of nitrogens with two attached hydrogens (primary N) is 1. The van der Waals surface area contributed by atoms with Gasteiger partial charge >= 0.3 is 17.8 Å². The van der Waals surface area contributed by atoms with E-state index in [9.17, 15) is 32.2 Å². The number of carbonyl (C=O) groups is 3. The molecule has 27 nitrogen and oxygen atoms in total. The third kappa shape index (κ3) is 22.1. The second-order valence-electron chi connectivity index (χ2n) is 17.2. The van der Waals surface area contributed by atoms with E-state index in [1.165, 1.54) is 70.3 Å². The van der Waals surface area contributed by atoms with Crippen molar-refractivity contribution >= 4 is 87.9 Å². The topological polar surface area (TPSA) is 373 Å². The zero-order valence-electron chi connectivity index (χ0n) is 43.3. The van der Waals surface area contributed by atoms with Gasteiger partial charge in [-0.05, 0) is 70.8 Å². The average molecular weight is 1150 g/mol. The maximum Gasteiger partial charge on any atom is 0.442 e. The highest BCUT2D eigenvalue weighted by molar-refractivity contribution is 7.90. The van der Waals surface area contributed by atoms with Crippen LogP contribution in [0.2, 0.25) is 15.3 Å². The van der Waals surface area contributed by atoms with Crippen LogP contribution in [0.4, 0.5) is 22.6 Å². The van der Waals surface area contributed by atoms with E-state index >= 15 is 0 Å². The summed E-state index contributed by atoms with van der Waals surface area (Å²) >= 11 is 18.0. The number of nitrogens with one attached hydrogen (secondary N) is 4. The molecule has 1 aromatic carbocycles. The van der Waals surface area contributed by atoms with Gasteiger partial charge in [-0.2, -0.15) is 38.0 Å². The van der Waals surface area contributed by atoms with E-state index in [-0.39, 0.29) is 63.7 Å². The van der Waals surface area contributed by atoms with Crippen molar-refractivity contribution in [3.8, 4) is 23.2 Å². The molecule has 2 atom stereocenters. The van der Waals surface area contributed by atoms with Gasteiger partial charge in [-0.25, -0.2) is 19.3 Å². The summed E-state index contributed by atoms with van der Waals surface area (Å²) < 4.78 is 59.3. The maximum absolute atomic E-state index is 12.5. The molecule has 414 valence electrons. The summed E-state index contributed by atoms with van der Waals surface area (Å²) in [5.41, 5.74) is 4.88. The van der Waals surface area contributed by atoms with Crippen LogP contribution in [0.25, 0.3) is 5.69 Å². The van der Waals surface area contributed by atoms with Crippen LogP contribution in [-0.4, -0.2) is 147 Å². The van der Waals surface area contributed by atoms with E-state index in [0.29, 0.717) is 34.2 Å². The molecular weight excluding hydrogens is 1090 g/mol. The summed E-state index contributed by atoms with van der Waals surface area (Å²) in [6.45, 7) is 17.4. The second kappa shape index (κ2) is 29.0. The van der Waals surface area contributed by atoms with E-state index in [1.807, 2.05) is 55.4 Å². The number of aliphatic carboxylic acids is 1. The van der Waals surface area contributed by atoms with Crippen LogP contribution >= 0.6 is 42.2 Å². The van der Waals surface area contributed by atoms with Gasteiger partial charge < -0.3 is 49.9 Å². The number of pyridine rings is 1. The average Bonchev–Trinajstić information content (AvgIpc) is 3.70. The molecular formula is C43H62Cl3N14O13PS. The first-order chi connectivity index (χ1) is 34.7. The van der Waals surface area contributed by atoms with Gasteiger partial charge in [-0.1, -0.05) is 44.0 Å². The Kier molecular flexibility index (Phi) is 25.0. The molecule has 2 unspecified atom stereocenters. The number of rotatable bonds is 17. The fourth-order valence-corrected chi connectivity index (χ4v) is 7.61. The van der Waals surface area contributed by atoms with E-state index in [2.05, 4.69) is 51.0 Å². The van der Waals surface area contributed by atoms with Crippen LogP contribution in [0.5, 0.6) is 17.5 Å². The Labute approximate surface area is 448 Å². The number of amides is 3. The molecule has 5 aromatic rings. The van der Waals surface area contributed by atoms with Crippen molar-refractivity contribution < 1.29 is 56.0 Å². The number of urea groups is 1. The minimum Gasteiger partial charge on any atom is -0.489 e. The molecule has 0 radical (unpaired) electrons. The number of nitrogens with zero attached hydrogens (tertiary/aromatic N) is 9. The van der Waals surface area contributed by atoms with Crippen molar-refractivity contribution in [1.82, 2.24) is 49.3 Å². The number of hydrogen-bond donors (Lipinski definition) is 7. The Morgan fingerprint density at radius 3 is 2.04 bits per heavy atom. The summed E-state index contributed by atoms with van der Waals surface area (Å²) in [6, 6.07) is 5.24. The van der Waals surface area contributed by atoms with Crippen molar-refractivity contribution in [3.63, 3.8) is 0 Å². The van der Waals surface area contributed by atoms with Crippen molar-refractivity contribution in [2.75, 3.05) is 63.6 Å². The summed E-state index contributed by atoms with van der Waals surface area (Å²) in [6.07, 6.45) is 1.13. The number of ether oxygens (including phenoxy) is 3. The molecule has 8 N–H and O–H groups in total. The van der Waals surface area contributed by atoms with Gasteiger partial charge in [0, 0.05) is 57.2 Å². The number of halogens is 3. The lowest BCUT2D eigenvalue weighted by molar-refractivity contribution is -0.138. The quantitative estimate of drug-likeness (QED) is 0.0542.